The highest BCUT2D eigenvalue weighted by Gasteiger charge is 2.16. The number of rotatable bonds is 6. The number of oxazole rings is 1. The van der Waals surface area contributed by atoms with Gasteiger partial charge in [-0.3, -0.25) is 4.79 Å². The van der Waals surface area contributed by atoms with Crippen LogP contribution in [0, 0.1) is 13.8 Å². The van der Waals surface area contributed by atoms with Crippen LogP contribution in [-0.2, 0) is 11.3 Å². The minimum absolute atomic E-state index is 0.112. The Morgan fingerprint density at radius 3 is 2.68 bits per heavy atom. The van der Waals surface area contributed by atoms with E-state index in [4.69, 9.17) is 9.52 Å². The van der Waals surface area contributed by atoms with Gasteiger partial charge in [0.05, 0.1) is 12.2 Å². The summed E-state index contributed by atoms with van der Waals surface area (Å²) >= 11 is 0. The van der Waals surface area contributed by atoms with Gasteiger partial charge in [0.1, 0.15) is 12.3 Å². The average Bonchev–Trinajstić information content (AvgIpc) is 2.65. The molecule has 0 aliphatic carbocycles. The Hall–Kier alpha value is -2.31. The molecule has 0 saturated heterocycles. The quantitative estimate of drug-likeness (QED) is 0.752. The predicted octanol–water partition coefficient (Wildman–Crippen LogP) is 1.07. The van der Waals surface area contributed by atoms with Crippen LogP contribution in [0.2, 0.25) is 0 Å². The number of nitrogens with one attached hydrogen (secondary N) is 1. The Morgan fingerprint density at radius 1 is 1.53 bits per heavy atom. The number of nitrogens with zero attached hydrogens (tertiary/aromatic N) is 2. The topological polar surface area (TPSA) is 95.7 Å². The molecule has 0 saturated carbocycles. The zero-order chi connectivity index (χ0) is 14.4. The molecule has 0 aliphatic rings. The van der Waals surface area contributed by atoms with E-state index in [9.17, 15) is 9.59 Å². The van der Waals surface area contributed by atoms with E-state index in [-0.39, 0.29) is 19.6 Å². The Morgan fingerprint density at radius 2 is 2.21 bits per heavy atom. The minimum Gasteiger partial charge on any atom is -0.480 e. The van der Waals surface area contributed by atoms with E-state index < -0.39 is 12.0 Å². The molecule has 1 aromatic rings. The lowest BCUT2D eigenvalue weighted by Gasteiger charge is -2.18. The molecule has 0 spiro atoms. The summed E-state index contributed by atoms with van der Waals surface area (Å²) in [5.74, 6) is -0.00484. The number of hydrogen-bond acceptors (Lipinski definition) is 4. The number of amides is 2. The van der Waals surface area contributed by atoms with E-state index >= 15 is 0 Å². The number of aryl methyl sites for hydroxylation is 2. The molecule has 0 bridgehead atoms. The van der Waals surface area contributed by atoms with Gasteiger partial charge in [0.25, 0.3) is 0 Å². The molecule has 1 aromatic heterocycles. The maximum Gasteiger partial charge on any atom is 0.323 e. The van der Waals surface area contributed by atoms with Crippen LogP contribution in [0.5, 0.6) is 0 Å². The van der Waals surface area contributed by atoms with Crippen LogP contribution in [0.1, 0.15) is 17.3 Å². The Balaban J connectivity index is 2.56. The largest absolute Gasteiger partial charge is 0.480 e. The minimum atomic E-state index is -1.08. The lowest BCUT2D eigenvalue weighted by Crippen LogP contribution is -2.42. The maximum absolute atomic E-state index is 11.8. The van der Waals surface area contributed by atoms with Gasteiger partial charge in [-0.1, -0.05) is 6.08 Å². The van der Waals surface area contributed by atoms with E-state index in [1.165, 1.54) is 6.08 Å². The van der Waals surface area contributed by atoms with E-state index in [1.807, 2.05) is 0 Å². The number of aromatic nitrogens is 1. The van der Waals surface area contributed by atoms with E-state index in [0.717, 1.165) is 10.6 Å². The van der Waals surface area contributed by atoms with Crippen molar-refractivity contribution in [2.24, 2.45) is 0 Å². The van der Waals surface area contributed by atoms with Crippen molar-refractivity contribution < 1.29 is 19.1 Å². The molecule has 1 rings (SSSR count). The Bertz CT molecular complexity index is 462. The lowest BCUT2D eigenvalue weighted by molar-refractivity contribution is -0.137. The van der Waals surface area contributed by atoms with Crippen LogP contribution < -0.4 is 5.32 Å². The first-order chi connectivity index (χ1) is 8.93. The molecule has 2 N–H and O–H groups in total. The van der Waals surface area contributed by atoms with Crippen LogP contribution in [0.4, 0.5) is 4.79 Å². The highest BCUT2D eigenvalue weighted by Crippen LogP contribution is 2.07. The van der Waals surface area contributed by atoms with Crippen LogP contribution >= 0.6 is 0 Å². The zero-order valence-electron chi connectivity index (χ0n) is 11.0. The summed E-state index contributed by atoms with van der Waals surface area (Å²) in [5.41, 5.74) is 0.762. The molecule has 0 fully saturated rings. The third-order valence-corrected chi connectivity index (χ3v) is 2.43. The van der Waals surface area contributed by atoms with Crippen LogP contribution in [0.15, 0.2) is 17.1 Å². The summed E-state index contributed by atoms with van der Waals surface area (Å²) in [5, 5.41) is 11.2. The fourth-order valence-electron chi connectivity index (χ4n) is 1.42. The number of carboxylic acids is 1. The van der Waals surface area contributed by atoms with Gasteiger partial charge in [-0.05, 0) is 13.8 Å². The summed E-state index contributed by atoms with van der Waals surface area (Å²) in [4.78, 5) is 27.6. The molecule has 0 unspecified atom stereocenters. The second-order valence-electron chi connectivity index (χ2n) is 3.97. The van der Waals surface area contributed by atoms with Gasteiger partial charge in [0, 0.05) is 6.54 Å². The average molecular weight is 267 g/mol. The molecule has 1 heterocycles. The van der Waals surface area contributed by atoms with Gasteiger partial charge >= 0.3 is 12.0 Å². The zero-order valence-corrected chi connectivity index (χ0v) is 11.0. The fourth-order valence-corrected chi connectivity index (χ4v) is 1.42. The van der Waals surface area contributed by atoms with Crippen molar-refractivity contribution in [1.29, 1.82) is 0 Å². The van der Waals surface area contributed by atoms with E-state index in [2.05, 4.69) is 16.9 Å². The predicted molar refractivity (Wildman–Crippen MR) is 67.6 cm³/mol. The first-order valence-electron chi connectivity index (χ1n) is 5.72. The summed E-state index contributed by atoms with van der Waals surface area (Å²) in [7, 11) is 0. The smallest absolute Gasteiger partial charge is 0.323 e. The lowest BCUT2D eigenvalue weighted by atomic mass is 10.4. The maximum atomic E-state index is 11.8. The molecule has 7 heteroatoms. The number of hydrogen-bond donors (Lipinski definition) is 2. The third kappa shape index (κ3) is 4.46. The SMILES string of the molecule is C=CCN(CC(=O)O)C(=O)NCc1nc(C)c(C)o1. The van der Waals surface area contributed by atoms with Crippen LogP contribution in [0.25, 0.3) is 0 Å². The first kappa shape index (κ1) is 14.7. The van der Waals surface area contributed by atoms with Crippen molar-refractivity contribution in [2.45, 2.75) is 20.4 Å². The number of carbonyl (C=O) groups is 2. The van der Waals surface area contributed by atoms with Gasteiger partial charge < -0.3 is 19.7 Å². The highest BCUT2D eigenvalue weighted by atomic mass is 16.4. The van der Waals surface area contributed by atoms with Gasteiger partial charge in [-0.2, -0.15) is 0 Å². The molecule has 104 valence electrons. The molecule has 0 aliphatic heterocycles. The number of aliphatic carboxylic acids is 1. The second-order valence-corrected chi connectivity index (χ2v) is 3.97. The van der Waals surface area contributed by atoms with E-state index in [0.29, 0.717) is 11.7 Å². The monoisotopic (exact) mass is 267 g/mol. The van der Waals surface area contributed by atoms with E-state index in [1.54, 1.807) is 13.8 Å². The summed E-state index contributed by atoms with van der Waals surface area (Å²) < 4.78 is 5.30. The summed E-state index contributed by atoms with van der Waals surface area (Å²) in [6, 6.07) is -0.504. The van der Waals surface area contributed by atoms with Crippen LogP contribution in [0.3, 0.4) is 0 Å². The molecular formula is C12H17N3O4. The molecule has 19 heavy (non-hydrogen) atoms. The summed E-state index contributed by atoms with van der Waals surface area (Å²) in [6.07, 6.45) is 1.46. The van der Waals surface area contributed by atoms with Crippen molar-refractivity contribution in [2.75, 3.05) is 13.1 Å². The van der Waals surface area contributed by atoms with Crippen LogP contribution in [-0.4, -0.2) is 40.1 Å². The number of carbonyl (C=O) groups excluding carboxylic acids is 1. The van der Waals surface area contributed by atoms with Gasteiger partial charge in [0.15, 0.2) is 0 Å². The standard InChI is InChI=1S/C12H17N3O4/c1-4-5-15(7-11(16)17)12(18)13-6-10-14-8(2)9(3)19-10/h4H,1,5-7H2,2-3H3,(H,13,18)(H,16,17). The van der Waals surface area contributed by atoms with Gasteiger partial charge in [-0.25, -0.2) is 9.78 Å². The molecule has 0 radical (unpaired) electrons. The normalized spacial score (nSPS) is 10.0. The van der Waals surface area contributed by atoms with Gasteiger partial charge in [0.2, 0.25) is 5.89 Å². The molecular weight excluding hydrogens is 250 g/mol. The Kier molecular flexibility index (Phi) is 5.11. The van der Waals surface area contributed by atoms with Gasteiger partial charge in [-0.15, -0.1) is 6.58 Å². The number of urea groups is 1. The Labute approximate surface area is 110 Å². The van der Waals surface area contributed by atoms with Crippen molar-refractivity contribution in [3.8, 4) is 0 Å². The molecule has 2 amide bonds. The van der Waals surface area contributed by atoms with Crippen molar-refractivity contribution in [1.82, 2.24) is 15.2 Å². The molecule has 0 atom stereocenters. The van der Waals surface area contributed by atoms with Crippen molar-refractivity contribution >= 4 is 12.0 Å². The second kappa shape index (κ2) is 6.58. The summed E-state index contributed by atoms with van der Waals surface area (Å²) in [6.45, 7) is 6.94. The fraction of sp³-hybridized carbons (Fsp3) is 0.417. The highest BCUT2D eigenvalue weighted by molar-refractivity contribution is 5.80. The van der Waals surface area contributed by atoms with Crippen molar-refractivity contribution in [3.63, 3.8) is 0 Å². The third-order valence-electron chi connectivity index (χ3n) is 2.43. The molecule has 7 nitrogen and oxygen atoms in total. The number of carboxylic acid groups (broad SMARTS) is 1. The van der Waals surface area contributed by atoms with Crippen molar-refractivity contribution in [3.05, 3.63) is 30.0 Å². The first-order valence-corrected chi connectivity index (χ1v) is 5.72. The molecule has 0 aromatic carbocycles.